The lowest BCUT2D eigenvalue weighted by atomic mass is 10.1. The summed E-state index contributed by atoms with van der Waals surface area (Å²) in [5.74, 6) is 1.87. The molecule has 8 heteroatoms. The summed E-state index contributed by atoms with van der Waals surface area (Å²) < 4.78 is 7.20. The summed E-state index contributed by atoms with van der Waals surface area (Å²) in [7, 11) is 0. The van der Waals surface area contributed by atoms with Crippen LogP contribution in [0.5, 0.6) is 5.75 Å². The molecule has 1 aromatic carbocycles. The molecule has 26 heavy (non-hydrogen) atoms. The van der Waals surface area contributed by atoms with E-state index in [-0.39, 0.29) is 18.3 Å². The lowest BCUT2D eigenvalue weighted by molar-refractivity contribution is -0.118. The molecule has 0 bridgehead atoms. The van der Waals surface area contributed by atoms with Crippen molar-refractivity contribution in [3.8, 4) is 11.6 Å². The average molecular weight is 351 g/mol. The van der Waals surface area contributed by atoms with Gasteiger partial charge in [0.25, 0.3) is 5.91 Å². The molecule has 0 aliphatic heterocycles. The number of nitrogens with zero attached hydrogens (tertiary/aromatic N) is 4. The van der Waals surface area contributed by atoms with Crippen molar-refractivity contribution >= 4 is 17.5 Å². The molecular weight excluding hydrogens is 334 g/mol. The van der Waals surface area contributed by atoms with Crippen LogP contribution in [0.2, 0.25) is 0 Å². The maximum Gasteiger partial charge on any atom is 0.263 e. The number of Topliss-reactive ketones (excluding diaryl/α,β-unsaturated/α-hetero) is 1. The van der Waals surface area contributed by atoms with Gasteiger partial charge in [-0.05, 0) is 38.1 Å². The van der Waals surface area contributed by atoms with Gasteiger partial charge in [0.15, 0.2) is 12.4 Å². The number of hydrogen-bond acceptors (Lipinski definition) is 6. The summed E-state index contributed by atoms with van der Waals surface area (Å²) in [6.07, 6.45) is 4.81. The Morgan fingerprint density at radius 3 is 2.58 bits per heavy atom. The molecule has 8 nitrogen and oxygen atoms in total. The van der Waals surface area contributed by atoms with Gasteiger partial charge in [-0.2, -0.15) is 0 Å². The highest BCUT2D eigenvalue weighted by molar-refractivity contribution is 5.94. The Bertz CT molecular complexity index is 934. The van der Waals surface area contributed by atoms with Crippen LogP contribution in [0.3, 0.4) is 0 Å². The first-order valence-electron chi connectivity index (χ1n) is 7.89. The van der Waals surface area contributed by atoms with E-state index < -0.39 is 0 Å². The third-order valence-electron chi connectivity index (χ3n) is 3.62. The van der Waals surface area contributed by atoms with E-state index in [1.165, 1.54) is 13.3 Å². The smallest absolute Gasteiger partial charge is 0.263 e. The number of ketones is 1. The number of aromatic nitrogens is 4. The molecule has 132 valence electrons. The zero-order valence-corrected chi connectivity index (χ0v) is 14.3. The Hall–Kier alpha value is -3.55. The van der Waals surface area contributed by atoms with Gasteiger partial charge in [0.1, 0.15) is 29.5 Å². The Kier molecular flexibility index (Phi) is 5.02. The third kappa shape index (κ3) is 4.10. The minimum absolute atomic E-state index is 0.0259. The number of carbonyl (C=O) groups is 2. The van der Waals surface area contributed by atoms with Crippen molar-refractivity contribution in [3.63, 3.8) is 0 Å². The summed E-state index contributed by atoms with van der Waals surface area (Å²) in [6, 6.07) is 8.25. The minimum atomic E-state index is -0.354. The van der Waals surface area contributed by atoms with Crippen molar-refractivity contribution in [2.24, 2.45) is 0 Å². The number of imidazole rings is 1. The molecule has 0 aliphatic rings. The van der Waals surface area contributed by atoms with Crippen molar-refractivity contribution in [2.75, 3.05) is 11.9 Å². The molecule has 1 amide bonds. The van der Waals surface area contributed by atoms with Gasteiger partial charge in [-0.25, -0.2) is 15.0 Å². The number of benzene rings is 1. The van der Waals surface area contributed by atoms with Crippen LogP contribution in [-0.2, 0) is 4.79 Å². The van der Waals surface area contributed by atoms with Crippen molar-refractivity contribution in [1.82, 2.24) is 19.5 Å². The van der Waals surface area contributed by atoms with E-state index in [9.17, 15) is 9.59 Å². The Morgan fingerprint density at radius 1 is 1.15 bits per heavy atom. The molecule has 0 radical (unpaired) electrons. The second-order valence-corrected chi connectivity index (χ2v) is 5.52. The van der Waals surface area contributed by atoms with Crippen molar-refractivity contribution in [3.05, 3.63) is 60.4 Å². The highest BCUT2D eigenvalue weighted by Crippen LogP contribution is 2.13. The van der Waals surface area contributed by atoms with Crippen molar-refractivity contribution < 1.29 is 14.3 Å². The zero-order chi connectivity index (χ0) is 18.5. The van der Waals surface area contributed by atoms with Crippen LogP contribution < -0.4 is 10.1 Å². The fraction of sp³-hybridized carbons (Fsp3) is 0.167. The SMILES string of the molecule is CC(=O)c1ccc(OCC(=O)Nc2cc(-n3ccnc3C)ncn2)cc1. The number of anilines is 1. The Balaban J connectivity index is 1.60. The molecule has 0 saturated carbocycles. The average Bonchev–Trinajstić information content (AvgIpc) is 3.06. The number of nitrogens with one attached hydrogen (secondary N) is 1. The number of carbonyl (C=O) groups excluding carboxylic acids is 2. The standard InChI is InChI=1S/C18H17N5O3/c1-12(24)14-3-5-15(6-4-14)26-10-18(25)22-16-9-17(21-11-20-16)23-8-7-19-13(23)2/h3-9,11H,10H2,1-2H3,(H,20,21,22,25). The van der Waals surface area contributed by atoms with E-state index in [0.717, 1.165) is 5.82 Å². The first kappa shape index (κ1) is 17.3. The van der Waals surface area contributed by atoms with Crippen LogP contribution in [0.15, 0.2) is 49.1 Å². The van der Waals surface area contributed by atoms with Crippen LogP contribution in [0.1, 0.15) is 23.1 Å². The Labute approximate surface area is 149 Å². The van der Waals surface area contributed by atoms with E-state index in [0.29, 0.717) is 22.9 Å². The van der Waals surface area contributed by atoms with Gasteiger partial charge in [0.2, 0.25) is 0 Å². The largest absolute Gasteiger partial charge is 0.484 e. The molecule has 0 spiro atoms. The monoisotopic (exact) mass is 351 g/mol. The molecule has 0 fully saturated rings. The lowest BCUT2D eigenvalue weighted by Gasteiger charge is -2.09. The first-order valence-corrected chi connectivity index (χ1v) is 7.89. The molecule has 0 atom stereocenters. The molecule has 3 aromatic rings. The van der Waals surface area contributed by atoms with E-state index in [1.807, 2.05) is 6.92 Å². The van der Waals surface area contributed by atoms with Gasteiger partial charge in [0, 0.05) is 24.0 Å². The van der Waals surface area contributed by atoms with E-state index in [2.05, 4.69) is 20.3 Å². The predicted molar refractivity (Wildman–Crippen MR) is 94.5 cm³/mol. The maximum atomic E-state index is 12.1. The fourth-order valence-electron chi connectivity index (χ4n) is 2.28. The van der Waals surface area contributed by atoms with Crippen LogP contribution in [0, 0.1) is 6.92 Å². The van der Waals surface area contributed by atoms with Gasteiger partial charge in [-0.1, -0.05) is 0 Å². The van der Waals surface area contributed by atoms with Gasteiger partial charge in [-0.15, -0.1) is 0 Å². The van der Waals surface area contributed by atoms with E-state index in [4.69, 9.17) is 4.74 Å². The van der Waals surface area contributed by atoms with Gasteiger partial charge < -0.3 is 10.1 Å². The molecule has 0 saturated heterocycles. The lowest BCUT2D eigenvalue weighted by Crippen LogP contribution is -2.21. The highest BCUT2D eigenvalue weighted by Gasteiger charge is 2.08. The molecule has 1 N–H and O–H groups in total. The summed E-state index contributed by atoms with van der Waals surface area (Å²) in [5, 5.41) is 2.66. The Morgan fingerprint density at radius 2 is 1.92 bits per heavy atom. The normalized spacial score (nSPS) is 10.4. The van der Waals surface area contributed by atoms with Crippen LogP contribution >= 0.6 is 0 Å². The van der Waals surface area contributed by atoms with Gasteiger partial charge >= 0.3 is 0 Å². The van der Waals surface area contributed by atoms with E-state index in [1.54, 1.807) is 47.3 Å². The van der Waals surface area contributed by atoms with Crippen molar-refractivity contribution in [1.29, 1.82) is 0 Å². The number of hydrogen-bond donors (Lipinski definition) is 1. The molecular formula is C18H17N5O3. The number of aryl methyl sites for hydroxylation is 1. The number of rotatable bonds is 6. The van der Waals surface area contributed by atoms with Gasteiger partial charge in [0.05, 0.1) is 0 Å². The quantitative estimate of drug-likeness (QED) is 0.684. The third-order valence-corrected chi connectivity index (χ3v) is 3.62. The van der Waals surface area contributed by atoms with Crippen molar-refractivity contribution in [2.45, 2.75) is 13.8 Å². The zero-order valence-electron chi connectivity index (χ0n) is 14.3. The molecule has 0 unspecified atom stereocenters. The highest BCUT2D eigenvalue weighted by atomic mass is 16.5. The first-order chi connectivity index (χ1) is 12.5. The fourth-order valence-corrected chi connectivity index (χ4v) is 2.28. The number of amides is 1. The second kappa shape index (κ2) is 7.56. The van der Waals surface area contributed by atoms with E-state index >= 15 is 0 Å². The predicted octanol–water partition coefficient (Wildman–Crippen LogP) is 2.19. The second-order valence-electron chi connectivity index (χ2n) is 5.52. The summed E-state index contributed by atoms with van der Waals surface area (Å²) in [5.41, 5.74) is 0.588. The maximum absolute atomic E-state index is 12.1. The van der Waals surface area contributed by atoms with Gasteiger partial charge in [-0.3, -0.25) is 14.2 Å². The summed E-state index contributed by atoms with van der Waals surface area (Å²) in [4.78, 5) is 35.6. The number of ether oxygens (including phenoxy) is 1. The topological polar surface area (TPSA) is 99.0 Å². The van der Waals surface area contributed by atoms with Crippen LogP contribution in [0.25, 0.3) is 5.82 Å². The molecule has 2 aromatic heterocycles. The summed E-state index contributed by atoms with van der Waals surface area (Å²) in [6.45, 7) is 3.17. The summed E-state index contributed by atoms with van der Waals surface area (Å²) >= 11 is 0. The molecule has 3 rings (SSSR count). The molecule has 0 aliphatic carbocycles. The molecule has 2 heterocycles. The van der Waals surface area contributed by atoms with Crippen LogP contribution in [-0.4, -0.2) is 37.8 Å². The van der Waals surface area contributed by atoms with Crippen LogP contribution in [0.4, 0.5) is 5.82 Å². The minimum Gasteiger partial charge on any atom is -0.484 e.